The van der Waals surface area contributed by atoms with E-state index in [-0.39, 0.29) is 37.9 Å². The first-order valence-electron chi connectivity index (χ1n) is 13.6. The molecule has 3 unspecified atom stereocenters. The summed E-state index contributed by atoms with van der Waals surface area (Å²) in [6.45, 7) is 2.08. The number of halogens is 3. The van der Waals surface area contributed by atoms with Crippen molar-refractivity contribution < 1.29 is 36.5 Å². The summed E-state index contributed by atoms with van der Waals surface area (Å²) < 4.78 is 69.6. The van der Waals surface area contributed by atoms with Gasteiger partial charge in [-0.15, -0.1) is 4.52 Å². The molecule has 0 N–H and O–H groups in total. The van der Waals surface area contributed by atoms with Crippen molar-refractivity contribution in [2.24, 2.45) is 0 Å². The molecule has 0 radical (unpaired) electrons. The van der Waals surface area contributed by atoms with Crippen LogP contribution < -0.4 is 0 Å². The first-order chi connectivity index (χ1) is 18.8. The molecule has 10 heteroatoms. The van der Waals surface area contributed by atoms with Gasteiger partial charge in [0, 0.05) is 19.6 Å². The average Bonchev–Trinajstić information content (AvgIpc) is 3.50. The summed E-state index contributed by atoms with van der Waals surface area (Å²) in [6, 6.07) is 14.7. The summed E-state index contributed by atoms with van der Waals surface area (Å²) in [5, 5.41) is 0. The largest absolute Gasteiger partial charge is 0.508 e. The maximum atomic E-state index is 13.6. The standard InChI is InChI=1S/C29H36F3NO5P/c1-2-3-15-36-21-17-22(37-18-21)19-38-39(35)16-9-8-14-33(20-29(30,31)32)28(34)27-25-12-6-4-10-23(25)24-11-5-7-13-26(24)27/h4-7,10-13,21-22,27H,2-3,8-9,14-20H2,1H3/q+1. The Balaban J connectivity index is 1.28. The molecule has 3 atom stereocenters. The van der Waals surface area contributed by atoms with Gasteiger partial charge in [0.2, 0.25) is 5.91 Å². The fourth-order valence-electron chi connectivity index (χ4n) is 5.16. The number of nitrogens with zero attached hydrogens (tertiary/aromatic N) is 1. The summed E-state index contributed by atoms with van der Waals surface area (Å²) in [5.41, 5.74) is 3.19. The Morgan fingerprint density at radius 1 is 1.05 bits per heavy atom. The van der Waals surface area contributed by atoms with Gasteiger partial charge in [0.15, 0.2) is 6.16 Å². The number of amides is 1. The van der Waals surface area contributed by atoms with Crippen LogP contribution in [-0.4, -0.2) is 68.3 Å². The van der Waals surface area contributed by atoms with Gasteiger partial charge >= 0.3 is 14.2 Å². The summed E-state index contributed by atoms with van der Waals surface area (Å²) >= 11 is 0. The minimum atomic E-state index is -4.53. The molecule has 39 heavy (non-hydrogen) atoms. The van der Waals surface area contributed by atoms with Gasteiger partial charge in [-0.05, 0) is 46.1 Å². The van der Waals surface area contributed by atoms with E-state index in [1.54, 1.807) is 24.3 Å². The Morgan fingerprint density at radius 2 is 1.72 bits per heavy atom. The topological polar surface area (TPSA) is 65.1 Å². The molecule has 2 aromatic rings. The van der Waals surface area contributed by atoms with Crippen LogP contribution in [0.1, 0.15) is 56.1 Å². The van der Waals surface area contributed by atoms with Crippen LogP contribution in [0.4, 0.5) is 13.2 Å². The first kappa shape index (κ1) is 29.7. The molecule has 2 aromatic carbocycles. The molecule has 4 rings (SSSR count). The number of fused-ring (bicyclic) bond motifs is 3. The Bertz CT molecular complexity index is 1080. The minimum absolute atomic E-state index is 0.0268. The lowest BCUT2D eigenvalue weighted by Crippen LogP contribution is -2.42. The van der Waals surface area contributed by atoms with Crippen molar-refractivity contribution in [3.8, 4) is 11.1 Å². The van der Waals surface area contributed by atoms with Gasteiger partial charge in [-0.25, -0.2) is 0 Å². The molecular weight excluding hydrogens is 530 g/mol. The summed E-state index contributed by atoms with van der Waals surface area (Å²) in [7, 11) is -1.97. The van der Waals surface area contributed by atoms with E-state index in [1.807, 2.05) is 24.3 Å². The third-order valence-electron chi connectivity index (χ3n) is 7.08. The lowest BCUT2D eigenvalue weighted by Gasteiger charge is -2.27. The van der Waals surface area contributed by atoms with Gasteiger partial charge in [-0.2, -0.15) is 13.2 Å². The second-order valence-corrected chi connectivity index (χ2v) is 11.4. The molecule has 0 saturated carbocycles. The number of hydrogen-bond donors (Lipinski definition) is 0. The Hall–Kier alpha value is -2.32. The summed E-state index contributed by atoms with van der Waals surface area (Å²) in [5.74, 6) is -1.35. The Labute approximate surface area is 228 Å². The molecule has 6 nitrogen and oxygen atoms in total. The average molecular weight is 567 g/mol. The fourth-order valence-corrected chi connectivity index (χ4v) is 6.10. The number of alkyl halides is 3. The SMILES string of the molecule is CCCCOC1COC(CO[P+](=O)CCCCN(CC(F)(F)F)C(=O)C2c3ccccc3-c3ccccc32)C1. The summed E-state index contributed by atoms with van der Waals surface area (Å²) in [4.78, 5) is 14.4. The lowest BCUT2D eigenvalue weighted by molar-refractivity contribution is -0.161. The second-order valence-electron chi connectivity index (χ2n) is 10.1. The first-order valence-corrected chi connectivity index (χ1v) is 15.0. The molecule has 1 aliphatic heterocycles. The molecule has 1 fully saturated rings. The number of benzene rings is 2. The van der Waals surface area contributed by atoms with E-state index in [0.717, 1.165) is 40.0 Å². The summed E-state index contributed by atoms with van der Waals surface area (Å²) in [6.07, 6.45) is -1.05. The van der Waals surface area contributed by atoms with Crippen LogP contribution in [0.15, 0.2) is 48.5 Å². The van der Waals surface area contributed by atoms with Gasteiger partial charge in [-0.1, -0.05) is 61.9 Å². The van der Waals surface area contributed by atoms with Gasteiger partial charge in [0.1, 0.15) is 13.2 Å². The highest BCUT2D eigenvalue weighted by atomic mass is 31.1. The Kier molecular flexibility index (Phi) is 10.5. The van der Waals surface area contributed by atoms with Crippen molar-refractivity contribution in [3.05, 3.63) is 59.7 Å². The predicted octanol–water partition coefficient (Wildman–Crippen LogP) is 6.70. The van der Waals surface area contributed by atoms with E-state index in [0.29, 0.717) is 26.1 Å². The highest BCUT2D eigenvalue weighted by molar-refractivity contribution is 7.39. The van der Waals surface area contributed by atoms with Crippen molar-refractivity contribution in [3.63, 3.8) is 0 Å². The number of rotatable bonds is 14. The molecule has 2 aliphatic rings. The van der Waals surface area contributed by atoms with Crippen molar-refractivity contribution in [2.75, 3.05) is 39.1 Å². The number of hydrogen-bond acceptors (Lipinski definition) is 5. The molecule has 212 valence electrons. The fraction of sp³-hybridized carbons (Fsp3) is 0.552. The van der Waals surface area contributed by atoms with Gasteiger partial charge < -0.3 is 14.4 Å². The molecule has 1 amide bonds. The zero-order chi connectivity index (χ0) is 27.8. The van der Waals surface area contributed by atoms with Crippen LogP contribution in [0.3, 0.4) is 0 Å². The molecule has 1 aliphatic carbocycles. The van der Waals surface area contributed by atoms with E-state index in [2.05, 4.69) is 6.92 Å². The molecule has 0 aromatic heterocycles. The maximum absolute atomic E-state index is 13.6. The zero-order valence-corrected chi connectivity index (χ0v) is 23.1. The van der Waals surface area contributed by atoms with Crippen LogP contribution in [-0.2, 0) is 23.4 Å². The zero-order valence-electron chi connectivity index (χ0n) is 22.2. The van der Waals surface area contributed by atoms with Crippen LogP contribution in [0.2, 0.25) is 0 Å². The van der Waals surface area contributed by atoms with Gasteiger partial charge in [-0.3, -0.25) is 4.79 Å². The predicted molar refractivity (Wildman–Crippen MR) is 143 cm³/mol. The molecular formula is C29H36F3NO5P+. The highest BCUT2D eigenvalue weighted by Gasteiger charge is 2.40. The van der Waals surface area contributed by atoms with E-state index in [9.17, 15) is 22.5 Å². The van der Waals surface area contributed by atoms with Crippen molar-refractivity contribution in [1.82, 2.24) is 4.90 Å². The normalized spacial score (nSPS) is 19.1. The molecule has 1 saturated heterocycles. The third-order valence-corrected chi connectivity index (χ3v) is 8.20. The van der Waals surface area contributed by atoms with E-state index < -0.39 is 32.6 Å². The van der Waals surface area contributed by atoms with Crippen LogP contribution in [0.5, 0.6) is 0 Å². The van der Waals surface area contributed by atoms with Gasteiger partial charge in [0.05, 0.1) is 24.7 Å². The maximum Gasteiger partial charge on any atom is 0.508 e. The van der Waals surface area contributed by atoms with Crippen LogP contribution in [0.25, 0.3) is 11.1 Å². The van der Waals surface area contributed by atoms with Gasteiger partial charge in [0.25, 0.3) is 0 Å². The number of carbonyl (C=O) groups is 1. The number of unbranched alkanes of at least 4 members (excludes halogenated alkanes) is 2. The quantitative estimate of drug-likeness (QED) is 0.188. The number of carbonyl (C=O) groups excluding carboxylic acids is 1. The second kappa shape index (κ2) is 13.8. The lowest BCUT2D eigenvalue weighted by atomic mass is 9.95. The highest BCUT2D eigenvalue weighted by Crippen LogP contribution is 2.45. The smallest absolute Gasteiger partial charge is 0.376 e. The monoisotopic (exact) mass is 566 g/mol. The minimum Gasteiger partial charge on any atom is -0.376 e. The van der Waals surface area contributed by atoms with E-state index in [1.165, 1.54) is 0 Å². The van der Waals surface area contributed by atoms with E-state index in [4.69, 9.17) is 14.0 Å². The number of ether oxygens (including phenoxy) is 2. The third kappa shape index (κ3) is 8.10. The molecule has 1 heterocycles. The Morgan fingerprint density at radius 3 is 2.36 bits per heavy atom. The van der Waals surface area contributed by atoms with Crippen LogP contribution >= 0.6 is 8.03 Å². The molecule has 0 bridgehead atoms. The van der Waals surface area contributed by atoms with Crippen molar-refractivity contribution in [1.29, 1.82) is 0 Å². The van der Waals surface area contributed by atoms with E-state index >= 15 is 0 Å². The van der Waals surface area contributed by atoms with Crippen LogP contribution in [0, 0.1) is 0 Å². The van der Waals surface area contributed by atoms with Crippen molar-refractivity contribution in [2.45, 2.75) is 63.3 Å². The van der Waals surface area contributed by atoms with Crippen molar-refractivity contribution >= 4 is 13.9 Å². The molecule has 0 spiro atoms.